The zero-order valence-corrected chi connectivity index (χ0v) is 36.9. The summed E-state index contributed by atoms with van der Waals surface area (Å²) >= 11 is 0. The molecule has 12 atom stereocenters. The van der Waals surface area contributed by atoms with Gasteiger partial charge >= 0.3 is 30.0 Å². The number of fused-ring (bicyclic) bond motifs is 5. The number of esters is 4. The summed E-state index contributed by atoms with van der Waals surface area (Å²) < 4.78 is 35.4. The number of rotatable bonds is 11. The van der Waals surface area contributed by atoms with Crippen LogP contribution in [-0.2, 0) is 47.6 Å². The minimum absolute atomic E-state index is 0.0241. The lowest BCUT2D eigenvalue weighted by atomic mass is 9.44. The summed E-state index contributed by atoms with van der Waals surface area (Å²) in [4.78, 5) is 86.1. The molecule has 1 aliphatic heterocycles. The van der Waals surface area contributed by atoms with Crippen molar-refractivity contribution in [3.05, 3.63) is 57.5 Å². The van der Waals surface area contributed by atoms with E-state index in [-0.39, 0.29) is 35.5 Å². The Morgan fingerprint density at radius 3 is 2.18 bits per heavy atom. The molecule has 1 aromatic rings. The van der Waals surface area contributed by atoms with Gasteiger partial charge in [-0.2, -0.15) is 0 Å². The second kappa shape index (κ2) is 17.2. The molecule has 19 heteroatoms. The Morgan fingerprint density at radius 2 is 1.66 bits per heavy atom. The first-order valence-electron chi connectivity index (χ1n) is 20.5. The summed E-state index contributed by atoms with van der Waals surface area (Å²) in [5.41, 5.74) is 0.179. The van der Waals surface area contributed by atoms with E-state index in [9.17, 15) is 44.8 Å². The van der Waals surface area contributed by atoms with Gasteiger partial charge in [-0.1, -0.05) is 51.0 Å². The lowest BCUT2D eigenvalue weighted by Crippen LogP contribution is -2.83. The molecule has 2 saturated carbocycles. The number of aliphatic hydroxyl groups excluding tert-OH is 2. The molecule has 0 radical (unpaired) electrons. The summed E-state index contributed by atoms with van der Waals surface area (Å²) in [7, 11) is 0. The normalized spacial score (nSPS) is 33.3. The molecule has 3 fully saturated rings. The van der Waals surface area contributed by atoms with Crippen LogP contribution in [0.4, 0.5) is 4.79 Å². The molecule has 1 amide bonds. The van der Waals surface area contributed by atoms with Gasteiger partial charge in [-0.3, -0.25) is 14.4 Å². The van der Waals surface area contributed by atoms with Gasteiger partial charge in [0.1, 0.15) is 35.6 Å². The number of ketones is 1. The van der Waals surface area contributed by atoms with Crippen LogP contribution in [-0.4, -0.2) is 123 Å². The number of nitrogens with zero attached hydrogens (tertiary/aromatic N) is 3. The highest BCUT2D eigenvalue weighted by atomic mass is 16.6. The van der Waals surface area contributed by atoms with Gasteiger partial charge in [0.2, 0.25) is 0 Å². The van der Waals surface area contributed by atoms with E-state index in [1.165, 1.54) is 39.8 Å². The zero-order valence-electron chi connectivity index (χ0n) is 36.9. The molecule has 0 aromatic heterocycles. The van der Waals surface area contributed by atoms with E-state index in [2.05, 4.69) is 15.3 Å². The second-order valence-electron chi connectivity index (χ2n) is 18.8. The molecule has 0 spiro atoms. The van der Waals surface area contributed by atoms with Crippen molar-refractivity contribution in [2.75, 3.05) is 6.61 Å². The molecule has 1 aromatic carbocycles. The Balaban J connectivity index is 1.82. The fraction of sp³-hybridized carbons (Fsp3) is 0.674. The van der Waals surface area contributed by atoms with Gasteiger partial charge in [-0.25, -0.2) is 14.4 Å². The molecular weight excluding hydrogens is 812 g/mol. The van der Waals surface area contributed by atoms with E-state index in [1.807, 2.05) is 0 Å². The first kappa shape index (κ1) is 48.0. The van der Waals surface area contributed by atoms with Gasteiger partial charge in [-0.05, 0) is 75.8 Å². The Bertz CT molecular complexity index is 2040. The molecular formula is C43H58N4O15. The molecule has 4 N–H and O–H groups in total. The average Bonchev–Trinajstić information content (AvgIpc) is 3.15. The van der Waals surface area contributed by atoms with Gasteiger partial charge in [-0.15, -0.1) is 0 Å². The quantitative estimate of drug-likeness (QED) is 0.0615. The summed E-state index contributed by atoms with van der Waals surface area (Å²) in [5, 5.41) is 44.1. The third-order valence-electron chi connectivity index (χ3n) is 12.7. The first-order chi connectivity index (χ1) is 28.7. The highest BCUT2D eigenvalue weighted by molar-refractivity contribution is 5.95. The average molecular weight is 871 g/mol. The van der Waals surface area contributed by atoms with Crippen LogP contribution >= 0.6 is 0 Å². The van der Waals surface area contributed by atoms with Crippen molar-refractivity contribution < 1.29 is 72.5 Å². The van der Waals surface area contributed by atoms with Crippen molar-refractivity contribution in [3.8, 4) is 0 Å². The highest BCUT2D eigenvalue weighted by Gasteiger charge is 2.80. The zero-order chi connectivity index (χ0) is 46.5. The molecule has 340 valence electrons. The number of alkyl carbamates (subject to hydrolysis) is 1. The molecule has 2 bridgehead atoms. The highest BCUT2D eigenvalue weighted by Crippen LogP contribution is 2.65. The van der Waals surface area contributed by atoms with Gasteiger partial charge in [0.25, 0.3) is 0 Å². The number of azide groups is 1. The lowest BCUT2D eigenvalue weighted by molar-refractivity contribution is -0.347. The van der Waals surface area contributed by atoms with E-state index < -0.39 is 125 Å². The number of ether oxygens (including phenoxy) is 6. The van der Waals surface area contributed by atoms with Crippen LogP contribution in [0.2, 0.25) is 0 Å². The van der Waals surface area contributed by atoms with Crippen molar-refractivity contribution in [3.63, 3.8) is 0 Å². The molecule has 1 heterocycles. The Hall–Kier alpha value is -5.07. The number of carbonyl (C=O) groups is 6. The summed E-state index contributed by atoms with van der Waals surface area (Å²) in [6.07, 6.45) is -12.0. The smallest absolute Gasteiger partial charge is 0.407 e. The summed E-state index contributed by atoms with van der Waals surface area (Å²) in [6.45, 7) is 15.7. The van der Waals surface area contributed by atoms with Gasteiger partial charge in [0.15, 0.2) is 23.6 Å². The van der Waals surface area contributed by atoms with Crippen LogP contribution in [0.3, 0.4) is 0 Å². The summed E-state index contributed by atoms with van der Waals surface area (Å²) in [5.74, 6) is -7.13. The fourth-order valence-electron chi connectivity index (χ4n) is 9.97. The number of aliphatic hydroxyl groups is 3. The minimum Gasteiger partial charge on any atom is -0.455 e. The number of Topliss-reactive ketones (excluding diaryl/α,β-unsaturated/α-hetero) is 1. The second-order valence-corrected chi connectivity index (χ2v) is 18.8. The SMILES string of the molecule is CC(=O)O[C@H]1C(=O)[C@@]2(C)[C@H]([C@H](OC(=O)c3ccccc3)[C@]3(O)[C@@H](N=[N+]=[N-])[C@H](OC(=O)[C@H](O)[C@H](CC(C)C)NC(=O)OC(C)(C)C)C(C)=C1C3(C)C)[C@]1(OC(C)=O)CO[C@@H]1C[C@@H]2O. The van der Waals surface area contributed by atoms with Crippen LogP contribution in [0, 0.1) is 22.7 Å². The predicted molar refractivity (Wildman–Crippen MR) is 216 cm³/mol. The van der Waals surface area contributed by atoms with E-state index >= 15 is 4.79 Å². The van der Waals surface area contributed by atoms with E-state index in [4.69, 9.17) is 28.4 Å². The van der Waals surface area contributed by atoms with Gasteiger partial charge in [0.05, 0.1) is 35.6 Å². The summed E-state index contributed by atoms with van der Waals surface area (Å²) in [6, 6.07) is 4.27. The molecule has 19 nitrogen and oxygen atoms in total. The van der Waals surface area contributed by atoms with Crippen LogP contribution in [0.15, 0.2) is 46.6 Å². The number of benzene rings is 1. The third-order valence-corrected chi connectivity index (χ3v) is 12.7. The van der Waals surface area contributed by atoms with Crippen molar-refractivity contribution in [1.29, 1.82) is 0 Å². The van der Waals surface area contributed by atoms with Crippen LogP contribution < -0.4 is 5.32 Å². The molecule has 4 aliphatic rings. The lowest BCUT2D eigenvalue weighted by Gasteiger charge is -2.68. The number of hydrogen-bond donors (Lipinski definition) is 4. The molecule has 3 aliphatic carbocycles. The molecule has 0 unspecified atom stereocenters. The van der Waals surface area contributed by atoms with Crippen molar-refractivity contribution in [2.45, 2.75) is 155 Å². The van der Waals surface area contributed by atoms with E-state index in [0.717, 1.165) is 13.8 Å². The van der Waals surface area contributed by atoms with E-state index in [1.54, 1.807) is 52.8 Å². The van der Waals surface area contributed by atoms with Crippen molar-refractivity contribution in [1.82, 2.24) is 5.32 Å². The maximum Gasteiger partial charge on any atom is 0.407 e. The standard InChI is InChI=1S/C43H58N4O15/c1-20(2)17-25(45-38(55)62-39(6,7)8)29(51)37(54)59-30-21(3)28-31(58-22(4)48)34(52)41(11)26(50)18-27-42(19-57-27,61-23(5)49)32(41)35(60-36(53)24-15-13-12-14-16-24)43(56,40(28,9)10)33(30)46-47-44/h12-16,20,25-27,29-33,35,50-51,56H,17-19H2,1-11H3,(H,45,55)/t25-,26-,27+,29+,30+,31+,32-,33-,35-,41+,42-,43+/m0/s1. The van der Waals surface area contributed by atoms with Crippen molar-refractivity contribution in [2.24, 2.45) is 27.8 Å². The van der Waals surface area contributed by atoms with Crippen LogP contribution in [0.5, 0.6) is 0 Å². The maximum atomic E-state index is 15.5. The fourth-order valence-corrected chi connectivity index (χ4v) is 9.97. The maximum absolute atomic E-state index is 15.5. The predicted octanol–water partition coefficient (Wildman–Crippen LogP) is 3.79. The number of nitrogens with one attached hydrogen (secondary N) is 1. The van der Waals surface area contributed by atoms with E-state index in [0.29, 0.717) is 0 Å². The topological polar surface area (TPSA) is 279 Å². The van der Waals surface area contributed by atoms with Crippen molar-refractivity contribution >= 4 is 35.8 Å². The number of amides is 1. The van der Waals surface area contributed by atoms with Gasteiger partial charge in [0, 0.05) is 30.6 Å². The third kappa shape index (κ3) is 8.28. The largest absolute Gasteiger partial charge is 0.455 e. The number of hydrogen-bond acceptors (Lipinski definition) is 16. The van der Waals surface area contributed by atoms with Gasteiger partial charge < -0.3 is 49.1 Å². The van der Waals surface area contributed by atoms with Crippen LogP contribution in [0.1, 0.15) is 99.4 Å². The monoisotopic (exact) mass is 870 g/mol. The minimum atomic E-state index is -2.82. The molecule has 5 rings (SSSR count). The van der Waals surface area contributed by atoms with Crippen LogP contribution in [0.25, 0.3) is 10.4 Å². The number of carbonyl (C=O) groups excluding carboxylic acids is 6. The Morgan fingerprint density at radius 1 is 1.03 bits per heavy atom. The molecule has 1 saturated heterocycles. The molecule has 62 heavy (non-hydrogen) atoms. The first-order valence-corrected chi connectivity index (χ1v) is 20.5. The Labute approximate surface area is 359 Å². The Kier molecular flexibility index (Phi) is 13.3.